The second kappa shape index (κ2) is 5.21. The van der Waals surface area contributed by atoms with Gasteiger partial charge in [-0.3, -0.25) is 20.2 Å². The van der Waals surface area contributed by atoms with E-state index in [4.69, 9.17) is 17.3 Å². The van der Waals surface area contributed by atoms with Crippen LogP contribution >= 0.6 is 11.6 Å². The molecule has 0 atom stereocenters. The highest BCUT2D eigenvalue weighted by Crippen LogP contribution is 1.90. The summed E-state index contributed by atoms with van der Waals surface area (Å²) in [4.78, 5) is 39.8. The number of nitrogens with zero attached hydrogens (tertiary/aromatic N) is 2. The summed E-state index contributed by atoms with van der Waals surface area (Å²) in [7, 11) is 0. The number of aliphatic imine (C=N–C) groups is 2. The number of guanidine groups is 1. The van der Waals surface area contributed by atoms with E-state index in [0.29, 0.717) is 0 Å². The molecule has 0 radical (unpaired) electrons. The highest BCUT2D eigenvalue weighted by atomic mass is 35.5. The molecule has 8 nitrogen and oxygen atoms in total. The molecule has 0 aliphatic carbocycles. The number of Topliss-reactive ketones (excluding diaryl/α,β-unsaturated/α-hetero) is 1. The molecule has 0 aromatic heterocycles. The fourth-order valence-corrected chi connectivity index (χ4v) is 0.867. The molecule has 0 aromatic carbocycles. The van der Waals surface area contributed by atoms with Crippen molar-refractivity contribution in [2.24, 2.45) is 15.7 Å². The van der Waals surface area contributed by atoms with Crippen LogP contribution in [-0.4, -0.2) is 41.9 Å². The molecule has 1 rings (SSSR count). The van der Waals surface area contributed by atoms with Crippen molar-refractivity contribution in [1.29, 1.82) is 0 Å². The molecule has 9 heteroatoms. The lowest BCUT2D eigenvalue weighted by Crippen LogP contribution is -2.44. The number of amidine groups is 1. The number of hydrogen-bond acceptors (Lipinski definition) is 6. The molecule has 1 aliphatic rings. The number of carbonyl (C=O) groups is 3. The van der Waals surface area contributed by atoms with Crippen LogP contribution in [0.4, 0.5) is 4.79 Å². The number of ketones is 1. The van der Waals surface area contributed by atoms with Crippen molar-refractivity contribution in [1.82, 2.24) is 10.6 Å². The zero-order valence-corrected chi connectivity index (χ0v) is 8.74. The van der Waals surface area contributed by atoms with E-state index in [1.165, 1.54) is 0 Å². The number of alkyl halides is 1. The number of nitrogens with one attached hydrogen (secondary N) is 2. The summed E-state index contributed by atoms with van der Waals surface area (Å²) in [6.07, 6.45) is 0. The molecule has 16 heavy (non-hydrogen) atoms. The van der Waals surface area contributed by atoms with Gasteiger partial charge in [0.1, 0.15) is 12.4 Å². The third-order valence-corrected chi connectivity index (χ3v) is 1.73. The minimum atomic E-state index is -0.838. The molecule has 86 valence electrons. The van der Waals surface area contributed by atoms with Gasteiger partial charge in [0.15, 0.2) is 5.84 Å². The van der Waals surface area contributed by atoms with E-state index >= 15 is 0 Å². The molecule has 1 heterocycles. The number of nitrogens with two attached hydrogens (primary N) is 1. The Bertz CT molecular complexity index is 403. The molecule has 1 aliphatic heterocycles. The summed E-state index contributed by atoms with van der Waals surface area (Å²) in [6, 6.07) is -0.838. The fraction of sp³-hybridized carbons (Fsp3) is 0.286. The quantitative estimate of drug-likeness (QED) is 0.478. The maximum Gasteiger partial charge on any atom is 0.328 e. The van der Waals surface area contributed by atoms with Gasteiger partial charge in [-0.15, -0.1) is 11.6 Å². The molecule has 0 fully saturated rings. The minimum Gasteiger partial charge on any atom is -0.381 e. The van der Waals surface area contributed by atoms with Gasteiger partial charge in [-0.2, -0.15) is 4.99 Å². The topological polar surface area (TPSA) is 126 Å². The molecule has 0 saturated heterocycles. The number of urea groups is 1. The lowest BCUT2D eigenvalue weighted by molar-refractivity contribution is -0.117. The molecule has 3 amide bonds. The summed E-state index contributed by atoms with van der Waals surface area (Å²) < 4.78 is 0. The van der Waals surface area contributed by atoms with Crippen LogP contribution < -0.4 is 16.4 Å². The molecule has 0 saturated carbocycles. The van der Waals surface area contributed by atoms with Gasteiger partial charge in [0.25, 0.3) is 0 Å². The first-order valence-electron chi connectivity index (χ1n) is 4.11. The zero-order valence-electron chi connectivity index (χ0n) is 7.99. The van der Waals surface area contributed by atoms with Crippen molar-refractivity contribution in [3.05, 3.63) is 0 Å². The van der Waals surface area contributed by atoms with Gasteiger partial charge in [0.05, 0.1) is 0 Å². The second-order valence-electron chi connectivity index (χ2n) is 2.70. The Hall–Kier alpha value is -1.96. The SMILES string of the molecule is NC1=NC(NC(=O)NC(=O)CCl)=NCC1=O. The predicted molar refractivity (Wildman–Crippen MR) is 56.3 cm³/mol. The Morgan fingerprint density at radius 3 is 2.75 bits per heavy atom. The van der Waals surface area contributed by atoms with Crippen LogP contribution in [0, 0.1) is 0 Å². The molecular weight excluding hydrogens is 238 g/mol. The number of amides is 3. The van der Waals surface area contributed by atoms with Gasteiger partial charge in [0, 0.05) is 0 Å². The highest BCUT2D eigenvalue weighted by molar-refractivity contribution is 6.42. The molecule has 4 N–H and O–H groups in total. The Balaban J connectivity index is 2.53. The lowest BCUT2D eigenvalue weighted by atomic mass is 10.3. The van der Waals surface area contributed by atoms with Gasteiger partial charge in [-0.05, 0) is 0 Å². The minimum absolute atomic E-state index is 0.128. The summed E-state index contributed by atoms with van der Waals surface area (Å²) in [5.74, 6) is -1.80. The number of carbonyl (C=O) groups excluding carboxylic acids is 3. The summed E-state index contributed by atoms with van der Waals surface area (Å²) in [5, 5.41) is 4.04. The first kappa shape index (κ1) is 12.1. The van der Waals surface area contributed by atoms with Gasteiger partial charge in [0.2, 0.25) is 17.6 Å². The van der Waals surface area contributed by atoms with Crippen molar-refractivity contribution >= 4 is 41.1 Å². The van der Waals surface area contributed by atoms with Gasteiger partial charge in [-0.25, -0.2) is 9.79 Å². The summed E-state index contributed by atoms with van der Waals surface area (Å²) in [5.41, 5.74) is 5.23. The third kappa shape index (κ3) is 3.31. The normalized spacial score (nSPS) is 14.9. The average molecular weight is 246 g/mol. The monoisotopic (exact) mass is 245 g/mol. The van der Waals surface area contributed by atoms with E-state index in [-0.39, 0.29) is 24.2 Å². The molecule has 0 aromatic rings. The zero-order chi connectivity index (χ0) is 12.1. The standard InChI is InChI=1S/C7H8ClN5O3/c8-1-4(15)11-7(16)13-6-10-2-3(14)5(9)12-6/h1-2H2,(H4,9,10,11,12,13,15,16). The van der Waals surface area contributed by atoms with E-state index in [2.05, 4.69) is 15.3 Å². The predicted octanol–water partition coefficient (Wildman–Crippen LogP) is -1.65. The van der Waals surface area contributed by atoms with Crippen molar-refractivity contribution in [3.63, 3.8) is 0 Å². The van der Waals surface area contributed by atoms with Crippen LogP contribution in [0.2, 0.25) is 0 Å². The number of halogens is 1. The van der Waals surface area contributed by atoms with E-state index in [1.807, 2.05) is 5.32 Å². The smallest absolute Gasteiger partial charge is 0.328 e. The van der Waals surface area contributed by atoms with Crippen molar-refractivity contribution in [2.75, 3.05) is 12.4 Å². The summed E-state index contributed by atoms with van der Waals surface area (Å²) in [6.45, 7) is -0.186. The first-order valence-corrected chi connectivity index (χ1v) is 4.65. The number of rotatable bonds is 1. The molecule has 0 unspecified atom stereocenters. The van der Waals surface area contributed by atoms with Crippen molar-refractivity contribution in [2.45, 2.75) is 0 Å². The van der Waals surface area contributed by atoms with Crippen molar-refractivity contribution < 1.29 is 14.4 Å². The van der Waals surface area contributed by atoms with E-state index in [0.717, 1.165) is 0 Å². The molecular formula is C7H8ClN5O3. The third-order valence-electron chi connectivity index (χ3n) is 1.48. The largest absolute Gasteiger partial charge is 0.381 e. The average Bonchev–Trinajstić information content (AvgIpc) is 2.23. The maximum absolute atomic E-state index is 11.1. The maximum atomic E-state index is 11.1. The van der Waals surface area contributed by atoms with Crippen LogP contribution in [0.25, 0.3) is 0 Å². The lowest BCUT2D eigenvalue weighted by Gasteiger charge is -2.09. The Morgan fingerprint density at radius 1 is 1.50 bits per heavy atom. The van der Waals surface area contributed by atoms with E-state index < -0.39 is 17.7 Å². The van der Waals surface area contributed by atoms with E-state index in [1.54, 1.807) is 0 Å². The Kier molecular flexibility index (Phi) is 3.95. The van der Waals surface area contributed by atoms with Crippen molar-refractivity contribution in [3.8, 4) is 0 Å². The number of imide groups is 1. The number of hydrogen-bond donors (Lipinski definition) is 3. The highest BCUT2D eigenvalue weighted by Gasteiger charge is 2.16. The molecule has 0 bridgehead atoms. The molecule has 0 spiro atoms. The Morgan fingerprint density at radius 2 is 2.19 bits per heavy atom. The fourth-order valence-electron chi connectivity index (χ4n) is 0.800. The van der Waals surface area contributed by atoms with Gasteiger partial charge >= 0.3 is 6.03 Å². The van der Waals surface area contributed by atoms with Crippen LogP contribution in [0.1, 0.15) is 0 Å². The summed E-state index contributed by atoms with van der Waals surface area (Å²) >= 11 is 5.17. The first-order chi connectivity index (χ1) is 7.52. The van der Waals surface area contributed by atoms with Crippen LogP contribution in [0.5, 0.6) is 0 Å². The van der Waals surface area contributed by atoms with E-state index in [9.17, 15) is 14.4 Å². The van der Waals surface area contributed by atoms with Crippen LogP contribution in [-0.2, 0) is 9.59 Å². The Labute approximate surface area is 94.9 Å². The van der Waals surface area contributed by atoms with Crippen LogP contribution in [0.15, 0.2) is 9.98 Å². The van der Waals surface area contributed by atoms with Gasteiger partial charge < -0.3 is 5.73 Å². The van der Waals surface area contributed by atoms with Crippen LogP contribution in [0.3, 0.4) is 0 Å². The van der Waals surface area contributed by atoms with Gasteiger partial charge in [-0.1, -0.05) is 0 Å². The second-order valence-corrected chi connectivity index (χ2v) is 2.96.